The minimum atomic E-state index is -1.28. The zero-order chi connectivity index (χ0) is 9.99. The molecule has 0 heterocycles. The molecule has 0 aromatic rings. The van der Waals surface area contributed by atoms with Gasteiger partial charge in [0.25, 0.3) is 0 Å². The van der Waals surface area contributed by atoms with E-state index >= 15 is 0 Å². The quantitative estimate of drug-likeness (QED) is 0.613. The van der Waals surface area contributed by atoms with Crippen molar-refractivity contribution in [2.45, 2.75) is 58.5 Å². The van der Waals surface area contributed by atoms with Crippen LogP contribution in [0.1, 0.15) is 34.6 Å². The van der Waals surface area contributed by atoms with Crippen molar-refractivity contribution >= 4 is 8.07 Å². The number of hydrogen-bond donors (Lipinski definition) is 0. The lowest BCUT2D eigenvalue weighted by Crippen LogP contribution is -2.48. The first-order valence-electron chi connectivity index (χ1n) is 4.66. The molecule has 0 aliphatic rings. The van der Waals surface area contributed by atoms with Crippen molar-refractivity contribution < 1.29 is 4.74 Å². The Morgan fingerprint density at radius 3 is 1.92 bits per heavy atom. The highest BCUT2D eigenvalue weighted by atomic mass is 28.3. The van der Waals surface area contributed by atoms with Crippen LogP contribution in [0.2, 0.25) is 18.1 Å². The molecular formula is C10H23OSi. The van der Waals surface area contributed by atoms with Gasteiger partial charge in [0.1, 0.15) is 0 Å². The van der Waals surface area contributed by atoms with Crippen LogP contribution in [0, 0.1) is 6.61 Å². The lowest BCUT2D eigenvalue weighted by Gasteiger charge is -2.41. The van der Waals surface area contributed by atoms with Crippen LogP contribution in [0.5, 0.6) is 0 Å². The van der Waals surface area contributed by atoms with Gasteiger partial charge in [0.15, 0.2) is 0 Å². The molecule has 12 heavy (non-hydrogen) atoms. The average Bonchev–Trinajstić information content (AvgIpc) is 1.85. The summed E-state index contributed by atoms with van der Waals surface area (Å²) >= 11 is 0. The Morgan fingerprint density at radius 1 is 1.25 bits per heavy atom. The molecule has 1 unspecified atom stereocenters. The summed E-state index contributed by atoms with van der Waals surface area (Å²) < 4.78 is 5.57. The van der Waals surface area contributed by atoms with Crippen molar-refractivity contribution in [3.05, 3.63) is 6.61 Å². The van der Waals surface area contributed by atoms with Crippen LogP contribution in [0.25, 0.3) is 0 Å². The summed E-state index contributed by atoms with van der Waals surface area (Å²) in [7, 11) is -1.28. The third-order valence-electron chi connectivity index (χ3n) is 3.29. The van der Waals surface area contributed by atoms with E-state index in [0.717, 1.165) is 0 Å². The summed E-state index contributed by atoms with van der Waals surface area (Å²) in [4.78, 5) is 0. The van der Waals surface area contributed by atoms with Crippen molar-refractivity contribution in [3.63, 3.8) is 0 Å². The van der Waals surface area contributed by atoms with Gasteiger partial charge in [0.2, 0.25) is 0 Å². The maximum absolute atomic E-state index is 5.57. The topological polar surface area (TPSA) is 9.23 Å². The third kappa shape index (κ3) is 2.59. The maximum atomic E-state index is 5.57. The van der Waals surface area contributed by atoms with E-state index in [2.05, 4.69) is 40.8 Å². The van der Waals surface area contributed by atoms with Gasteiger partial charge in [0, 0.05) is 5.73 Å². The van der Waals surface area contributed by atoms with Crippen molar-refractivity contribution in [1.29, 1.82) is 0 Å². The second-order valence-corrected chi connectivity index (χ2v) is 10.7. The standard InChI is InChI=1S/C10H23OSi/c1-8-11-9(2)12(6,7)10(3,4)5/h8-9H,1-7H3. The molecule has 0 aliphatic carbocycles. The summed E-state index contributed by atoms with van der Waals surface area (Å²) in [5.74, 6) is 0. The summed E-state index contributed by atoms with van der Waals surface area (Å²) in [6, 6.07) is 0. The van der Waals surface area contributed by atoms with Gasteiger partial charge >= 0.3 is 0 Å². The Balaban J connectivity index is 4.38. The monoisotopic (exact) mass is 187 g/mol. The third-order valence-corrected chi connectivity index (χ3v) is 9.32. The number of hydrogen-bond acceptors (Lipinski definition) is 1. The van der Waals surface area contributed by atoms with E-state index in [1.165, 1.54) is 0 Å². The first kappa shape index (κ1) is 12.2. The average molecular weight is 187 g/mol. The predicted molar refractivity (Wildman–Crippen MR) is 57.7 cm³/mol. The summed E-state index contributed by atoms with van der Waals surface area (Å²) in [5.41, 5.74) is 0.405. The van der Waals surface area contributed by atoms with Crippen molar-refractivity contribution in [2.75, 3.05) is 0 Å². The molecule has 0 aromatic heterocycles. The molecule has 0 N–H and O–H groups in total. The molecule has 1 radical (unpaired) electrons. The highest BCUT2D eigenvalue weighted by Gasteiger charge is 2.40. The van der Waals surface area contributed by atoms with Crippen LogP contribution in [-0.2, 0) is 4.74 Å². The van der Waals surface area contributed by atoms with Crippen LogP contribution < -0.4 is 0 Å². The smallest absolute Gasteiger partial charge is 0.0865 e. The van der Waals surface area contributed by atoms with E-state index in [0.29, 0.717) is 10.8 Å². The molecule has 0 amide bonds. The van der Waals surface area contributed by atoms with E-state index in [-0.39, 0.29) is 0 Å². The fourth-order valence-electron chi connectivity index (χ4n) is 0.984. The molecule has 1 atom stereocenters. The maximum Gasteiger partial charge on any atom is 0.0865 e. The Hall–Kier alpha value is 0.177. The lowest BCUT2D eigenvalue weighted by atomic mass is 10.2. The van der Waals surface area contributed by atoms with Crippen LogP contribution in [-0.4, -0.2) is 13.8 Å². The first-order chi connectivity index (χ1) is 5.23. The predicted octanol–water partition coefficient (Wildman–Crippen LogP) is 3.62. The summed E-state index contributed by atoms with van der Waals surface area (Å²) in [5, 5.41) is 0.412. The normalized spacial score (nSPS) is 16.2. The van der Waals surface area contributed by atoms with E-state index < -0.39 is 8.07 Å². The number of rotatable bonds is 3. The Bertz CT molecular complexity index is 135. The van der Waals surface area contributed by atoms with E-state index in [9.17, 15) is 0 Å². The van der Waals surface area contributed by atoms with Crippen molar-refractivity contribution in [3.8, 4) is 0 Å². The Morgan fingerprint density at radius 2 is 1.67 bits per heavy atom. The fourth-order valence-corrected chi connectivity index (χ4v) is 2.68. The molecule has 0 spiro atoms. The van der Waals surface area contributed by atoms with E-state index in [1.807, 2.05) is 13.5 Å². The zero-order valence-corrected chi connectivity index (χ0v) is 10.6. The molecule has 73 valence electrons. The highest BCUT2D eigenvalue weighted by molar-refractivity contribution is 6.81. The van der Waals surface area contributed by atoms with E-state index in [1.54, 1.807) is 0 Å². The molecule has 0 saturated carbocycles. The fraction of sp³-hybridized carbons (Fsp3) is 0.900. The lowest BCUT2D eigenvalue weighted by molar-refractivity contribution is 0.174. The Labute approximate surface area is 78.5 Å². The minimum Gasteiger partial charge on any atom is -0.376 e. The molecule has 0 aromatic carbocycles. The second-order valence-electron chi connectivity index (χ2n) is 4.99. The van der Waals surface area contributed by atoms with Gasteiger partial charge in [-0.05, 0) is 18.9 Å². The summed E-state index contributed by atoms with van der Waals surface area (Å²) in [6.07, 6.45) is 0. The van der Waals surface area contributed by atoms with Crippen molar-refractivity contribution in [2.24, 2.45) is 0 Å². The second kappa shape index (κ2) is 3.92. The van der Waals surface area contributed by atoms with Crippen LogP contribution >= 0.6 is 0 Å². The minimum absolute atomic E-state index is 0.405. The van der Waals surface area contributed by atoms with Gasteiger partial charge in [-0.1, -0.05) is 33.9 Å². The van der Waals surface area contributed by atoms with Crippen LogP contribution in [0.3, 0.4) is 0 Å². The molecule has 0 fully saturated rings. The Kier molecular flexibility index (Phi) is 3.98. The van der Waals surface area contributed by atoms with Gasteiger partial charge in [0.05, 0.1) is 14.7 Å². The molecule has 1 nitrogen and oxygen atoms in total. The van der Waals surface area contributed by atoms with Crippen LogP contribution in [0.15, 0.2) is 0 Å². The SMILES string of the molecule is C[CH]OC(C)[Si](C)(C)C(C)(C)C. The highest BCUT2D eigenvalue weighted by Crippen LogP contribution is 2.38. The molecular weight excluding hydrogens is 164 g/mol. The molecule has 0 aliphatic heterocycles. The van der Waals surface area contributed by atoms with Gasteiger partial charge in [-0.25, -0.2) is 0 Å². The number of ether oxygens (including phenoxy) is 1. The molecule has 2 heteroatoms. The van der Waals surface area contributed by atoms with Gasteiger partial charge < -0.3 is 4.74 Å². The molecule has 0 rings (SSSR count). The van der Waals surface area contributed by atoms with Crippen LogP contribution in [0.4, 0.5) is 0 Å². The molecule has 0 saturated heterocycles. The summed E-state index contributed by atoms with van der Waals surface area (Å²) in [6.45, 7) is 17.7. The first-order valence-corrected chi connectivity index (χ1v) is 7.74. The van der Waals surface area contributed by atoms with Gasteiger partial charge in [-0.3, -0.25) is 0 Å². The van der Waals surface area contributed by atoms with Gasteiger partial charge in [-0.15, -0.1) is 0 Å². The van der Waals surface area contributed by atoms with Crippen molar-refractivity contribution in [1.82, 2.24) is 0 Å². The largest absolute Gasteiger partial charge is 0.376 e. The van der Waals surface area contributed by atoms with E-state index in [4.69, 9.17) is 4.74 Å². The zero-order valence-electron chi connectivity index (χ0n) is 9.56. The molecule has 0 bridgehead atoms. The van der Waals surface area contributed by atoms with Gasteiger partial charge in [-0.2, -0.15) is 0 Å².